The number of carbonyl (C=O) groups is 2. The quantitative estimate of drug-likeness (QED) is 0.552. The van der Waals surface area contributed by atoms with E-state index in [0.717, 1.165) is 44.9 Å². The van der Waals surface area contributed by atoms with E-state index in [1.165, 1.54) is 0 Å². The van der Waals surface area contributed by atoms with Gasteiger partial charge in [0.25, 0.3) is 0 Å². The molecule has 1 aliphatic carbocycles. The largest absolute Gasteiger partial charge is 0.444 e. The molecule has 1 saturated carbocycles. The summed E-state index contributed by atoms with van der Waals surface area (Å²) >= 11 is 0. The number of urea groups is 1. The normalized spacial score (nSPS) is 27.0. The Morgan fingerprint density at radius 3 is 2.76 bits per heavy atom. The van der Waals surface area contributed by atoms with Crippen LogP contribution in [0.5, 0.6) is 0 Å². The fourth-order valence-electron chi connectivity index (χ4n) is 4.76. The molecule has 2 bridgehead atoms. The number of nitrogens with one attached hydrogen (secondary N) is 1. The zero-order valence-electron chi connectivity index (χ0n) is 20.2. The lowest BCUT2D eigenvalue weighted by atomic mass is 9.77. The van der Waals surface area contributed by atoms with E-state index in [-0.39, 0.29) is 30.2 Å². The van der Waals surface area contributed by atoms with Gasteiger partial charge in [-0.3, -0.25) is 4.84 Å². The number of alkyl carbamates (subject to hydrolysis) is 1. The molecule has 1 N–H and O–H groups in total. The number of rotatable bonds is 9. The van der Waals surface area contributed by atoms with Crippen LogP contribution in [-0.4, -0.2) is 63.1 Å². The van der Waals surface area contributed by atoms with Crippen LogP contribution in [0.25, 0.3) is 0 Å². The van der Waals surface area contributed by atoms with Crippen LogP contribution in [0.1, 0.15) is 90.5 Å². The van der Waals surface area contributed by atoms with Gasteiger partial charge in [0.1, 0.15) is 11.6 Å². The number of hydrogen-bond donors (Lipinski definition) is 1. The van der Waals surface area contributed by atoms with Gasteiger partial charge in [-0.25, -0.2) is 9.59 Å². The summed E-state index contributed by atoms with van der Waals surface area (Å²) in [4.78, 5) is 32.2. The summed E-state index contributed by atoms with van der Waals surface area (Å²) in [5.74, 6) is 1.65. The third kappa shape index (κ3) is 5.77. The predicted octanol–water partition coefficient (Wildman–Crippen LogP) is 3.98. The summed E-state index contributed by atoms with van der Waals surface area (Å²) in [6.07, 6.45) is 6.78. The van der Waals surface area contributed by atoms with Crippen LogP contribution in [0.15, 0.2) is 4.42 Å². The molecule has 0 spiro atoms. The lowest BCUT2D eigenvalue weighted by Crippen LogP contribution is -2.46. The van der Waals surface area contributed by atoms with Crippen molar-refractivity contribution in [1.29, 1.82) is 0 Å². The van der Waals surface area contributed by atoms with Crippen molar-refractivity contribution < 1.29 is 23.6 Å². The van der Waals surface area contributed by atoms with Crippen LogP contribution in [0, 0.1) is 5.92 Å². The van der Waals surface area contributed by atoms with E-state index >= 15 is 0 Å². The average molecular weight is 464 g/mol. The molecule has 0 radical (unpaired) electrons. The van der Waals surface area contributed by atoms with Gasteiger partial charge < -0.3 is 19.4 Å². The zero-order valence-corrected chi connectivity index (χ0v) is 20.2. The minimum atomic E-state index is -0.484. The number of hydrogen-bond acceptors (Lipinski definition) is 7. The third-order valence-corrected chi connectivity index (χ3v) is 6.54. The van der Waals surface area contributed by atoms with Gasteiger partial charge in [0.15, 0.2) is 0 Å². The first kappa shape index (κ1) is 23.8. The fourth-order valence-corrected chi connectivity index (χ4v) is 4.76. The monoisotopic (exact) mass is 463 g/mol. The van der Waals surface area contributed by atoms with Gasteiger partial charge >= 0.3 is 12.1 Å². The van der Waals surface area contributed by atoms with Crippen molar-refractivity contribution in [1.82, 2.24) is 25.5 Å². The summed E-state index contributed by atoms with van der Waals surface area (Å²) in [5.41, 5.74) is -0.484. The van der Waals surface area contributed by atoms with Crippen LogP contribution in [0.3, 0.4) is 0 Å². The van der Waals surface area contributed by atoms with Gasteiger partial charge in [-0.15, -0.1) is 10.2 Å². The molecule has 2 saturated heterocycles. The maximum absolute atomic E-state index is 12.8. The lowest BCUT2D eigenvalue weighted by molar-refractivity contribution is -0.130. The van der Waals surface area contributed by atoms with Gasteiger partial charge in [-0.2, -0.15) is 5.06 Å². The summed E-state index contributed by atoms with van der Waals surface area (Å²) in [6.45, 7) is 8.88. The fraction of sp³-hybridized carbons (Fsp3) is 0.826. The molecule has 2 atom stereocenters. The standard InChI is InChI=1S/C23H37N5O5/c1-5-6-11-31-28-17-8-9-18(27(14-17)22(28)30)20-26-25-19(32-20)10-7-15-12-16(13-15)24-21(29)33-23(2,3)4/h15-18H,5-14H2,1-4H3,(H,24,29)/t15?,16?,17?,18-/m0/s1. The molecule has 184 valence electrons. The first-order valence-electron chi connectivity index (χ1n) is 12.3. The first-order valence-corrected chi connectivity index (χ1v) is 12.3. The van der Waals surface area contributed by atoms with Crippen molar-refractivity contribution in [2.24, 2.45) is 5.92 Å². The van der Waals surface area contributed by atoms with Crippen molar-refractivity contribution in [3.63, 3.8) is 0 Å². The number of aryl methyl sites for hydroxylation is 1. The maximum atomic E-state index is 12.8. The van der Waals surface area contributed by atoms with E-state index in [0.29, 0.717) is 37.3 Å². The lowest BCUT2D eigenvalue weighted by Gasteiger charge is -2.36. The minimum Gasteiger partial charge on any atom is -0.444 e. The molecule has 2 aliphatic heterocycles. The molecule has 1 aromatic rings. The minimum absolute atomic E-state index is 0.101. The molecule has 3 fully saturated rings. The van der Waals surface area contributed by atoms with Crippen molar-refractivity contribution >= 4 is 12.1 Å². The number of nitrogens with zero attached hydrogens (tertiary/aromatic N) is 4. The summed E-state index contributed by atoms with van der Waals surface area (Å²) in [5, 5.41) is 13.0. The number of carbonyl (C=O) groups excluding carboxylic acids is 2. The molecular weight excluding hydrogens is 426 g/mol. The third-order valence-electron chi connectivity index (χ3n) is 6.54. The van der Waals surface area contributed by atoms with Crippen molar-refractivity contribution in [3.05, 3.63) is 11.8 Å². The first-order chi connectivity index (χ1) is 15.7. The second kappa shape index (κ2) is 9.87. The zero-order chi connectivity index (χ0) is 23.6. The summed E-state index contributed by atoms with van der Waals surface area (Å²) < 4.78 is 11.3. The predicted molar refractivity (Wildman–Crippen MR) is 119 cm³/mol. The molecule has 3 heterocycles. The Hall–Kier alpha value is -2.36. The maximum Gasteiger partial charge on any atom is 0.407 e. The van der Waals surface area contributed by atoms with Crippen LogP contribution >= 0.6 is 0 Å². The van der Waals surface area contributed by atoms with Crippen molar-refractivity contribution in [2.75, 3.05) is 13.2 Å². The topological polar surface area (TPSA) is 110 Å². The number of aromatic nitrogens is 2. The summed E-state index contributed by atoms with van der Waals surface area (Å²) in [7, 11) is 0. The molecule has 10 nitrogen and oxygen atoms in total. The van der Waals surface area contributed by atoms with Crippen LogP contribution in [0.2, 0.25) is 0 Å². The Morgan fingerprint density at radius 2 is 2.03 bits per heavy atom. The van der Waals surface area contributed by atoms with Crippen molar-refractivity contribution in [2.45, 2.75) is 103 Å². The molecule has 3 amide bonds. The molecule has 10 heteroatoms. The van der Waals surface area contributed by atoms with E-state index < -0.39 is 5.60 Å². The van der Waals surface area contributed by atoms with E-state index in [9.17, 15) is 9.59 Å². The Kier molecular flexibility index (Phi) is 7.11. The Labute approximate surface area is 195 Å². The number of hydroxylamine groups is 2. The van der Waals surface area contributed by atoms with Gasteiger partial charge in [0.05, 0.1) is 12.6 Å². The molecule has 3 aliphatic rings. The highest BCUT2D eigenvalue weighted by Crippen LogP contribution is 2.38. The van der Waals surface area contributed by atoms with Gasteiger partial charge in [0, 0.05) is 19.0 Å². The number of piperidine rings is 1. The SMILES string of the molecule is CCCCON1C(=O)N2CC1CC[C@H]2c1nnc(CCC2CC(NC(=O)OC(C)(C)C)C2)o1. The van der Waals surface area contributed by atoms with E-state index in [1.54, 1.807) is 9.96 Å². The molecule has 0 aromatic carbocycles. The highest BCUT2D eigenvalue weighted by Gasteiger charge is 2.47. The molecule has 33 heavy (non-hydrogen) atoms. The van der Waals surface area contributed by atoms with E-state index in [2.05, 4.69) is 22.4 Å². The number of ether oxygens (including phenoxy) is 1. The smallest absolute Gasteiger partial charge is 0.407 e. The Balaban J connectivity index is 1.21. The van der Waals surface area contributed by atoms with Crippen LogP contribution in [0.4, 0.5) is 9.59 Å². The highest BCUT2D eigenvalue weighted by atomic mass is 16.7. The summed E-state index contributed by atoms with van der Waals surface area (Å²) in [6, 6.07) is -0.00645. The molecule has 4 rings (SSSR count). The number of amides is 3. The number of unbranched alkanes of at least 4 members (excludes halogenated alkanes) is 1. The molecular formula is C23H37N5O5. The molecule has 1 aromatic heterocycles. The van der Waals surface area contributed by atoms with E-state index in [1.807, 2.05) is 20.8 Å². The van der Waals surface area contributed by atoms with Crippen LogP contribution in [-0.2, 0) is 16.0 Å². The Bertz CT molecular complexity index is 831. The highest BCUT2D eigenvalue weighted by molar-refractivity contribution is 5.77. The number of fused-ring (bicyclic) bond motifs is 2. The average Bonchev–Trinajstić information content (AvgIpc) is 3.27. The Morgan fingerprint density at radius 1 is 1.24 bits per heavy atom. The second-order valence-electron chi connectivity index (χ2n) is 10.4. The van der Waals surface area contributed by atoms with Gasteiger partial charge in [-0.05, 0) is 65.2 Å². The van der Waals surface area contributed by atoms with E-state index in [4.69, 9.17) is 14.0 Å². The second-order valence-corrected chi connectivity index (χ2v) is 10.4. The van der Waals surface area contributed by atoms with Crippen molar-refractivity contribution in [3.8, 4) is 0 Å². The van der Waals surface area contributed by atoms with Gasteiger partial charge in [0.2, 0.25) is 11.8 Å². The van der Waals surface area contributed by atoms with Gasteiger partial charge in [-0.1, -0.05) is 13.3 Å². The van der Waals surface area contributed by atoms with Crippen LogP contribution < -0.4 is 5.32 Å². The molecule has 1 unspecified atom stereocenters.